The van der Waals surface area contributed by atoms with Crippen molar-refractivity contribution in [3.63, 3.8) is 0 Å². The van der Waals surface area contributed by atoms with Crippen molar-refractivity contribution < 1.29 is 9.90 Å². The van der Waals surface area contributed by atoms with Crippen molar-refractivity contribution in [2.45, 2.75) is 39.7 Å². The summed E-state index contributed by atoms with van der Waals surface area (Å²) >= 11 is 0. The largest absolute Gasteiger partial charge is 0.395 e. The average Bonchev–Trinajstić information content (AvgIpc) is 2.47. The van der Waals surface area contributed by atoms with Crippen molar-refractivity contribution in [1.29, 1.82) is 0 Å². The zero-order valence-corrected chi connectivity index (χ0v) is 12.3. The van der Waals surface area contributed by atoms with Gasteiger partial charge in [-0.2, -0.15) is 0 Å². The van der Waals surface area contributed by atoms with Gasteiger partial charge in [-0.1, -0.05) is 32.1 Å². The molecule has 0 aliphatic rings. The zero-order valence-electron chi connectivity index (χ0n) is 12.3. The molecule has 0 spiro atoms. The summed E-state index contributed by atoms with van der Waals surface area (Å²) < 4.78 is 0. The summed E-state index contributed by atoms with van der Waals surface area (Å²) in [6.45, 7) is 6.26. The molecule has 0 saturated carbocycles. The van der Waals surface area contributed by atoms with Gasteiger partial charge in [-0.3, -0.25) is 4.79 Å². The Morgan fingerprint density at radius 1 is 1.45 bits per heavy atom. The number of nitrogens with zero attached hydrogens (tertiary/aromatic N) is 1. The number of pyridine rings is 1. The van der Waals surface area contributed by atoms with Crippen LogP contribution in [-0.4, -0.2) is 28.6 Å². The molecule has 20 heavy (non-hydrogen) atoms. The van der Waals surface area contributed by atoms with E-state index in [1.165, 1.54) is 0 Å². The van der Waals surface area contributed by atoms with Crippen molar-refractivity contribution in [2.24, 2.45) is 5.92 Å². The lowest BCUT2D eigenvalue weighted by molar-refractivity contribution is 0.0923. The molecule has 1 amide bonds. The van der Waals surface area contributed by atoms with Gasteiger partial charge in [0.2, 0.25) is 0 Å². The highest BCUT2D eigenvalue weighted by Gasteiger charge is 2.14. The van der Waals surface area contributed by atoms with Gasteiger partial charge in [0.25, 0.3) is 5.91 Å². The van der Waals surface area contributed by atoms with Crippen LogP contribution in [-0.2, 0) is 0 Å². The fourth-order valence-corrected chi connectivity index (χ4v) is 1.60. The van der Waals surface area contributed by atoms with Crippen LogP contribution in [0.4, 0.5) is 0 Å². The Bertz CT molecular complexity index is 485. The maximum atomic E-state index is 12.0. The summed E-state index contributed by atoms with van der Waals surface area (Å²) in [7, 11) is 0. The predicted octanol–water partition coefficient (Wildman–Crippen LogP) is 1.98. The molecule has 2 atom stereocenters. The van der Waals surface area contributed by atoms with Gasteiger partial charge in [-0.25, -0.2) is 4.98 Å². The number of hydrogen-bond acceptors (Lipinski definition) is 3. The minimum atomic E-state index is -0.160. The fraction of sp³-hybridized carbons (Fsp3) is 0.500. The molecular weight excluding hydrogens is 252 g/mol. The second-order valence-corrected chi connectivity index (χ2v) is 4.86. The van der Waals surface area contributed by atoms with Crippen LogP contribution in [0.25, 0.3) is 0 Å². The first-order valence-corrected chi connectivity index (χ1v) is 6.95. The summed E-state index contributed by atoms with van der Waals surface area (Å²) in [4.78, 5) is 16.1. The quantitative estimate of drug-likeness (QED) is 0.807. The average molecular weight is 274 g/mol. The van der Waals surface area contributed by atoms with E-state index in [-0.39, 0.29) is 18.6 Å². The number of rotatable bonds is 5. The monoisotopic (exact) mass is 274 g/mol. The van der Waals surface area contributed by atoms with E-state index in [4.69, 9.17) is 5.11 Å². The van der Waals surface area contributed by atoms with E-state index in [1.54, 1.807) is 18.3 Å². The molecule has 0 aromatic carbocycles. The van der Waals surface area contributed by atoms with Gasteiger partial charge >= 0.3 is 0 Å². The first kappa shape index (κ1) is 16.2. The standard InChI is InChI=1S/C16H22N2O2/c1-4-12(2)13(3)18-16(20)15-9-8-14(11-17-15)7-5-6-10-19/h8-9,11-13,19H,4,6,10H2,1-3H3,(H,18,20). The van der Waals surface area contributed by atoms with Gasteiger partial charge < -0.3 is 10.4 Å². The first-order chi connectivity index (χ1) is 9.58. The minimum absolute atomic E-state index is 0.0500. The maximum absolute atomic E-state index is 12.0. The summed E-state index contributed by atoms with van der Waals surface area (Å²) in [5, 5.41) is 11.6. The van der Waals surface area contributed by atoms with Crippen molar-refractivity contribution in [2.75, 3.05) is 6.61 Å². The Labute approximate surface area is 120 Å². The van der Waals surface area contributed by atoms with Crippen LogP contribution in [0.5, 0.6) is 0 Å². The van der Waals surface area contributed by atoms with E-state index in [1.807, 2.05) is 6.92 Å². The molecule has 2 N–H and O–H groups in total. The highest BCUT2D eigenvalue weighted by molar-refractivity contribution is 5.92. The lowest BCUT2D eigenvalue weighted by Crippen LogP contribution is -2.37. The molecule has 0 aliphatic heterocycles. The lowest BCUT2D eigenvalue weighted by Gasteiger charge is -2.19. The summed E-state index contributed by atoms with van der Waals surface area (Å²) in [5.41, 5.74) is 1.14. The molecule has 1 aromatic heterocycles. The minimum Gasteiger partial charge on any atom is -0.395 e. The number of hydrogen-bond donors (Lipinski definition) is 2. The van der Waals surface area contributed by atoms with Gasteiger partial charge in [-0.05, 0) is 25.0 Å². The Morgan fingerprint density at radius 2 is 2.20 bits per heavy atom. The molecule has 0 fully saturated rings. The van der Waals surface area contributed by atoms with E-state index < -0.39 is 0 Å². The van der Waals surface area contributed by atoms with Gasteiger partial charge in [0, 0.05) is 24.2 Å². The summed E-state index contributed by atoms with van der Waals surface area (Å²) in [6, 6.07) is 3.56. The second kappa shape index (κ2) is 8.34. The van der Waals surface area contributed by atoms with Gasteiger partial charge in [0.15, 0.2) is 0 Å². The topological polar surface area (TPSA) is 62.2 Å². The highest BCUT2D eigenvalue weighted by atomic mass is 16.2. The van der Waals surface area contributed by atoms with E-state index in [0.29, 0.717) is 18.0 Å². The third-order valence-electron chi connectivity index (χ3n) is 3.32. The number of carbonyl (C=O) groups excluding carboxylic acids is 1. The van der Waals surface area contributed by atoms with Crippen LogP contribution < -0.4 is 5.32 Å². The highest BCUT2D eigenvalue weighted by Crippen LogP contribution is 2.07. The summed E-state index contributed by atoms with van der Waals surface area (Å²) in [6.07, 6.45) is 3.04. The normalized spacial score (nSPS) is 13.0. The number of aliphatic hydroxyl groups excluding tert-OH is 1. The van der Waals surface area contributed by atoms with Crippen LogP contribution in [0.1, 0.15) is 49.7 Å². The van der Waals surface area contributed by atoms with Crippen LogP contribution >= 0.6 is 0 Å². The molecule has 0 saturated heterocycles. The van der Waals surface area contributed by atoms with Crippen molar-refractivity contribution in [3.8, 4) is 11.8 Å². The predicted molar refractivity (Wildman–Crippen MR) is 79.2 cm³/mol. The molecule has 4 heteroatoms. The Hall–Kier alpha value is -1.86. The van der Waals surface area contributed by atoms with E-state index in [2.05, 4.69) is 36.0 Å². The van der Waals surface area contributed by atoms with E-state index in [9.17, 15) is 4.79 Å². The second-order valence-electron chi connectivity index (χ2n) is 4.86. The maximum Gasteiger partial charge on any atom is 0.270 e. The number of aromatic nitrogens is 1. The number of aliphatic hydroxyl groups is 1. The van der Waals surface area contributed by atoms with Crippen molar-refractivity contribution >= 4 is 5.91 Å². The molecule has 4 nitrogen and oxygen atoms in total. The SMILES string of the molecule is CCC(C)C(C)NC(=O)c1ccc(C#CCCO)cn1. The number of nitrogens with one attached hydrogen (secondary N) is 1. The molecule has 1 aromatic rings. The molecule has 0 bridgehead atoms. The Morgan fingerprint density at radius 3 is 2.75 bits per heavy atom. The number of amides is 1. The third-order valence-corrected chi connectivity index (χ3v) is 3.32. The molecule has 1 rings (SSSR count). The van der Waals surface area contributed by atoms with Crippen LogP contribution in [0.3, 0.4) is 0 Å². The van der Waals surface area contributed by atoms with Crippen molar-refractivity contribution in [1.82, 2.24) is 10.3 Å². The Balaban J connectivity index is 2.64. The van der Waals surface area contributed by atoms with E-state index >= 15 is 0 Å². The molecule has 108 valence electrons. The number of carbonyl (C=O) groups is 1. The summed E-state index contributed by atoms with van der Waals surface area (Å²) in [5.74, 6) is 5.96. The first-order valence-electron chi connectivity index (χ1n) is 6.95. The van der Waals surface area contributed by atoms with Crippen LogP contribution in [0, 0.1) is 17.8 Å². The van der Waals surface area contributed by atoms with Crippen molar-refractivity contribution in [3.05, 3.63) is 29.6 Å². The molecule has 0 aliphatic carbocycles. The zero-order chi connectivity index (χ0) is 15.0. The third kappa shape index (κ3) is 5.02. The van der Waals surface area contributed by atoms with Crippen LogP contribution in [0.2, 0.25) is 0 Å². The van der Waals surface area contributed by atoms with E-state index in [0.717, 1.165) is 12.0 Å². The molecule has 1 heterocycles. The molecule has 2 unspecified atom stereocenters. The fourth-order valence-electron chi connectivity index (χ4n) is 1.60. The van der Waals surface area contributed by atoms with Crippen LogP contribution in [0.15, 0.2) is 18.3 Å². The lowest BCUT2D eigenvalue weighted by atomic mass is 10.0. The molecule has 0 radical (unpaired) electrons. The van der Waals surface area contributed by atoms with Gasteiger partial charge in [-0.15, -0.1) is 0 Å². The van der Waals surface area contributed by atoms with Gasteiger partial charge in [0.05, 0.1) is 6.61 Å². The Kier molecular flexibility index (Phi) is 6.75. The molecular formula is C16H22N2O2. The smallest absolute Gasteiger partial charge is 0.270 e. The van der Waals surface area contributed by atoms with Gasteiger partial charge in [0.1, 0.15) is 5.69 Å².